The summed E-state index contributed by atoms with van der Waals surface area (Å²) in [5, 5.41) is 0. The minimum Gasteiger partial charge on any atom is -0.368 e. The summed E-state index contributed by atoms with van der Waals surface area (Å²) in [7, 11) is 0. The topological polar surface area (TPSA) is 69.1 Å². The molecule has 0 radical (unpaired) electrons. The molecule has 0 bridgehead atoms. The van der Waals surface area contributed by atoms with E-state index in [1.807, 2.05) is 12.1 Å². The SMILES string of the molecule is CCCc1ccc(CC(N)C(N)=O)cc1. The van der Waals surface area contributed by atoms with Gasteiger partial charge in [0, 0.05) is 0 Å². The van der Waals surface area contributed by atoms with Gasteiger partial charge in [-0.2, -0.15) is 0 Å². The van der Waals surface area contributed by atoms with Crippen LogP contribution in [0.15, 0.2) is 24.3 Å². The first kappa shape index (κ1) is 11.7. The maximum absolute atomic E-state index is 10.8. The Morgan fingerprint density at radius 3 is 2.27 bits per heavy atom. The zero-order chi connectivity index (χ0) is 11.3. The van der Waals surface area contributed by atoms with Crippen LogP contribution in [0, 0.1) is 0 Å². The van der Waals surface area contributed by atoms with Crippen LogP contribution in [-0.2, 0) is 17.6 Å². The minimum absolute atomic E-state index is 0.451. The van der Waals surface area contributed by atoms with Gasteiger partial charge in [0.2, 0.25) is 5.91 Å². The number of hydrogen-bond acceptors (Lipinski definition) is 2. The molecular formula is C12H18N2O. The first-order chi connectivity index (χ1) is 7.13. The molecule has 4 N–H and O–H groups in total. The first-order valence-corrected chi connectivity index (χ1v) is 5.26. The lowest BCUT2D eigenvalue weighted by Crippen LogP contribution is -2.38. The van der Waals surface area contributed by atoms with Gasteiger partial charge in [0.25, 0.3) is 0 Å². The predicted molar refractivity (Wildman–Crippen MR) is 61.3 cm³/mol. The molecule has 3 heteroatoms. The molecule has 1 unspecified atom stereocenters. The lowest BCUT2D eigenvalue weighted by molar-refractivity contribution is -0.119. The van der Waals surface area contributed by atoms with Gasteiger partial charge in [-0.05, 0) is 24.0 Å². The summed E-state index contributed by atoms with van der Waals surface area (Å²) >= 11 is 0. The van der Waals surface area contributed by atoms with Crippen LogP contribution in [0.25, 0.3) is 0 Å². The van der Waals surface area contributed by atoms with Gasteiger partial charge in [-0.1, -0.05) is 37.6 Å². The van der Waals surface area contributed by atoms with Crippen LogP contribution in [0.2, 0.25) is 0 Å². The van der Waals surface area contributed by atoms with Gasteiger partial charge in [-0.25, -0.2) is 0 Å². The third kappa shape index (κ3) is 3.72. The third-order valence-corrected chi connectivity index (χ3v) is 2.38. The molecule has 0 aliphatic carbocycles. The smallest absolute Gasteiger partial charge is 0.234 e. The Morgan fingerprint density at radius 2 is 1.80 bits per heavy atom. The molecule has 0 saturated heterocycles. The van der Waals surface area contributed by atoms with Crippen LogP contribution in [0.3, 0.4) is 0 Å². The van der Waals surface area contributed by atoms with Crippen LogP contribution in [0.1, 0.15) is 24.5 Å². The van der Waals surface area contributed by atoms with Crippen molar-refractivity contribution in [2.24, 2.45) is 11.5 Å². The number of benzene rings is 1. The molecule has 1 aromatic rings. The van der Waals surface area contributed by atoms with Crippen molar-refractivity contribution in [1.29, 1.82) is 0 Å². The minimum atomic E-state index is -0.581. The highest BCUT2D eigenvalue weighted by molar-refractivity contribution is 5.79. The summed E-state index contributed by atoms with van der Waals surface area (Å²) in [6, 6.07) is 7.59. The molecule has 0 spiro atoms. The molecule has 0 fully saturated rings. The Labute approximate surface area is 90.5 Å². The van der Waals surface area contributed by atoms with Gasteiger partial charge in [-0.3, -0.25) is 4.79 Å². The second-order valence-corrected chi connectivity index (χ2v) is 3.78. The van der Waals surface area contributed by atoms with Crippen LogP contribution in [-0.4, -0.2) is 11.9 Å². The van der Waals surface area contributed by atoms with Crippen molar-refractivity contribution >= 4 is 5.91 Å². The Bertz CT molecular complexity index is 319. The summed E-state index contributed by atoms with van der Waals surface area (Å²) < 4.78 is 0. The van der Waals surface area contributed by atoms with Crippen LogP contribution >= 0.6 is 0 Å². The standard InChI is InChI=1S/C12H18N2O/c1-2-3-9-4-6-10(7-5-9)8-11(13)12(14)15/h4-7,11H,2-3,8,13H2,1H3,(H2,14,15). The van der Waals surface area contributed by atoms with Gasteiger partial charge < -0.3 is 11.5 Å². The average molecular weight is 206 g/mol. The Morgan fingerprint density at radius 1 is 1.27 bits per heavy atom. The largest absolute Gasteiger partial charge is 0.368 e. The average Bonchev–Trinajstić information content (AvgIpc) is 2.21. The van der Waals surface area contributed by atoms with Crippen LogP contribution < -0.4 is 11.5 Å². The summed E-state index contributed by atoms with van der Waals surface area (Å²) in [5.41, 5.74) is 13.0. The van der Waals surface area contributed by atoms with E-state index in [1.165, 1.54) is 5.56 Å². The third-order valence-electron chi connectivity index (χ3n) is 2.38. The van der Waals surface area contributed by atoms with Gasteiger partial charge in [0.05, 0.1) is 6.04 Å². The Hall–Kier alpha value is -1.35. The van der Waals surface area contributed by atoms with Crippen molar-refractivity contribution in [2.75, 3.05) is 0 Å². The molecule has 82 valence electrons. The molecule has 0 aliphatic rings. The Balaban J connectivity index is 2.60. The number of hydrogen-bond donors (Lipinski definition) is 2. The highest BCUT2D eigenvalue weighted by Gasteiger charge is 2.09. The first-order valence-electron chi connectivity index (χ1n) is 5.26. The lowest BCUT2D eigenvalue weighted by atomic mass is 10.0. The molecule has 15 heavy (non-hydrogen) atoms. The van der Waals surface area contributed by atoms with E-state index in [-0.39, 0.29) is 0 Å². The number of amides is 1. The van der Waals surface area contributed by atoms with Crippen molar-refractivity contribution in [3.63, 3.8) is 0 Å². The number of carbonyl (C=O) groups is 1. The number of rotatable bonds is 5. The monoisotopic (exact) mass is 206 g/mol. The molecule has 1 rings (SSSR count). The van der Waals surface area contributed by atoms with Crippen molar-refractivity contribution in [1.82, 2.24) is 0 Å². The van der Waals surface area contributed by atoms with Crippen molar-refractivity contribution in [3.05, 3.63) is 35.4 Å². The molecule has 0 heterocycles. The highest BCUT2D eigenvalue weighted by atomic mass is 16.1. The van der Waals surface area contributed by atoms with E-state index in [2.05, 4.69) is 19.1 Å². The summed E-state index contributed by atoms with van der Waals surface area (Å²) in [6.45, 7) is 2.15. The molecular weight excluding hydrogens is 188 g/mol. The summed E-state index contributed by atoms with van der Waals surface area (Å²) in [6.07, 6.45) is 2.74. The van der Waals surface area contributed by atoms with E-state index in [0.29, 0.717) is 6.42 Å². The van der Waals surface area contributed by atoms with E-state index < -0.39 is 11.9 Å². The van der Waals surface area contributed by atoms with Crippen LogP contribution in [0.5, 0.6) is 0 Å². The van der Waals surface area contributed by atoms with Gasteiger partial charge >= 0.3 is 0 Å². The van der Waals surface area contributed by atoms with Crippen LogP contribution in [0.4, 0.5) is 0 Å². The predicted octanol–water partition coefficient (Wildman–Crippen LogP) is 0.994. The Kier molecular flexibility index (Phi) is 4.31. The zero-order valence-electron chi connectivity index (χ0n) is 9.07. The fourth-order valence-electron chi connectivity index (χ4n) is 1.49. The highest BCUT2D eigenvalue weighted by Crippen LogP contribution is 2.08. The molecule has 0 aromatic heterocycles. The summed E-state index contributed by atoms with van der Waals surface area (Å²) in [5.74, 6) is -0.451. The molecule has 1 amide bonds. The van der Waals surface area contributed by atoms with Gasteiger partial charge in [0.1, 0.15) is 0 Å². The lowest BCUT2D eigenvalue weighted by Gasteiger charge is -2.07. The number of aryl methyl sites for hydroxylation is 1. The molecule has 1 aromatic carbocycles. The normalized spacial score (nSPS) is 12.4. The van der Waals surface area contributed by atoms with E-state index in [9.17, 15) is 4.79 Å². The number of nitrogens with two attached hydrogens (primary N) is 2. The van der Waals surface area contributed by atoms with Gasteiger partial charge in [0.15, 0.2) is 0 Å². The second kappa shape index (κ2) is 5.51. The second-order valence-electron chi connectivity index (χ2n) is 3.78. The van der Waals surface area contributed by atoms with Gasteiger partial charge in [-0.15, -0.1) is 0 Å². The van der Waals surface area contributed by atoms with Crippen molar-refractivity contribution in [3.8, 4) is 0 Å². The molecule has 0 saturated carbocycles. The maximum Gasteiger partial charge on any atom is 0.234 e. The molecule has 0 aliphatic heterocycles. The molecule has 1 atom stereocenters. The molecule has 3 nitrogen and oxygen atoms in total. The van der Waals surface area contributed by atoms with Crippen molar-refractivity contribution < 1.29 is 4.79 Å². The fraction of sp³-hybridized carbons (Fsp3) is 0.417. The quantitative estimate of drug-likeness (QED) is 0.754. The maximum atomic E-state index is 10.8. The van der Waals surface area contributed by atoms with E-state index in [1.54, 1.807) is 0 Å². The number of carbonyl (C=O) groups excluding carboxylic acids is 1. The van der Waals surface area contributed by atoms with E-state index in [4.69, 9.17) is 11.5 Å². The number of primary amides is 1. The van der Waals surface area contributed by atoms with Crippen molar-refractivity contribution in [2.45, 2.75) is 32.2 Å². The summed E-state index contributed by atoms with van der Waals surface area (Å²) in [4.78, 5) is 10.8. The van der Waals surface area contributed by atoms with E-state index in [0.717, 1.165) is 18.4 Å². The zero-order valence-corrected chi connectivity index (χ0v) is 9.07. The fourth-order valence-corrected chi connectivity index (χ4v) is 1.49. The van der Waals surface area contributed by atoms with E-state index >= 15 is 0 Å².